The van der Waals surface area contributed by atoms with E-state index in [1.807, 2.05) is 18.2 Å². The average molecular weight is 322 g/mol. The molecule has 1 unspecified atom stereocenters. The maximum atomic E-state index is 11.3. The van der Waals surface area contributed by atoms with Gasteiger partial charge in [0.05, 0.1) is 9.90 Å². The summed E-state index contributed by atoms with van der Waals surface area (Å²) in [6.45, 7) is 3.83. The number of rotatable bonds is 3. The molecule has 1 aromatic carbocycles. The molecule has 0 aliphatic carbocycles. The van der Waals surface area contributed by atoms with Crippen LogP contribution in [0, 0.1) is 0 Å². The summed E-state index contributed by atoms with van der Waals surface area (Å²) in [6, 6.07) is 9.85. The topological polar surface area (TPSA) is 40.5 Å². The molecular formula is C16H16ClNO2S. The van der Waals surface area contributed by atoms with E-state index in [9.17, 15) is 9.90 Å². The molecule has 1 aliphatic rings. The molecule has 0 spiro atoms. The predicted octanol–water partition coefficient (Wildman–Crippen LogP) is 4.22. The van der Waals surface area contributed by atoms with Crippen molar-refractivity contribution in [3.05, 3.63) is 56.2 Å². The zero-order chi connectivity index (χ0) is 15.0. The predicted molar refractivity (Wildman–Crippen MR) is 85.3 cm³/mol. The maximum Gasteiger partial charge on any atom is 0.335 e. The minimum absolute atomic E-state index is 0.295. The fourth-order valence-electron chi connectivity index (χ4n) is 2.89. The molecule has 0 saturated heterocycles. The molecule has 2 heterocycles. The molecule has 0 radical (unpaired) electrons. The number of carboxylic acids is 1. The van der Waals surface area contributed by atoms with Crippen LogP contribution in [0.3, 0.4) is 0 Å². The standard InChI is InChI=1S/C16H16ClNO2S/c1-10(14-5-6-15(17)21-14)18-8-7-12-11(9-18)3-2-4-13(12)16(19)20/h2-6,10H,7-9H2,1H3,(H,19,20). The van der Waals surface area contributed by atoms with Crippen LogP contribution in [0.15, 0.2) is 30.3 Å². The van der Waals surface area contributed by atoms with Gasteiger partial charge in [0.2, 0.25) is 0 Å². The first kappa shape index (κ1) is 14.6. The summed E-state index contributed by atoms with van der Waals surface area (Å²) in [4.78, 5) is 14.9. The first-order valence-electron chi connectivity index (χ1n) is 6.89. The van der Waals surface area contributed by atoms with Crippen molar-refractivity contribution in [3.8, 4) is 0 Å². The Hall–Kier alpha value is -1.36. The van der Waals surface area contributed by atoms with Crippen molar-refractivity contribution < 1.29 is 9.90 Å². The molecule has 1 N–H and O–H groups in total. The number of hydrogen-bond acceptors (Lipinski definition) is 3. The van der Waals surface area contributed by atoms with Gasteiger partial charge in [-0.25, -0.2) is 4.79 Å². The molecule has 1 atom stereocenters. The molecule has 3 nitrogen and oxygen atoms in total. The Kier molecular flexibility index (Phi) is 4.02. The zero-order valence-corrected chi connectivity index (χ0v) is 13.2. The molecule has 2 aromatic rings. The van der Waals surface area contributed by atoms with Crippen LogP contribution < -0.4 is 0 Å². The van der Waals surface area contributed by atoms with Gasteiger partial charge in [-0.3, -0.25) is 4.90 Å². The molecule has 5 heteroatoms. The molecule has 110 valence electrons. The van der Waals surface area contributed by atoms with Crippen molar-refractivity contribution in [2.75, 3.05) is 6.54 Å². The van der Waals surface area contributed by atoms with Crippen LogP contribution >= 0.6 is 22.9 Å². The minimum atomic E-state index is -0.835. The summed E-state index contributed by atoms with van der Waals surface area (Å²) >= 11 is 7.62. The van der Waals surface area contributed by atoms with E-state index in [1.54, 1.807) is 17.4 Å². The molecule has 3 rings (SSSR count). The largest absolute Gasteiger partial charge is 0.478 e. The van der Waals surface area contributed by atoms with Crippen molar-refractivity contribution in [2.45, 2.75) is 25.9 Å². The quantitative estimate of drug-likeness (QED) is 0.920. The monoisotopic (exact) mass is 321 g/mol. The Morgan fingerprint density at radius 1 is 1.38 bits per heavy atom. The highest BCUT2D eigenvalue weighted by atomic mass is 35.5. The third kappa shape index (κ3) is 2.84. The number of carboxylic acid groups (broad SMARTS) is 1. The lowest BCUT2D eigenvalue weighted by Gasteiger charge is -2.33. The van der Waals surface area contributed by atoms with Gasteiger partial charge in [0.25, 0.3) is 0 Å². The summed E-state index contributed by atoms with van der Waals surface area (Å²) in [6.07, 6.45) is 0.779. The third-order valence-electron chi connectivity index (χ3n) is 4.08. The highest BCUT2D eigenvalue weighted by Gasteiger charge is 2.25. The second-order valence-corrected chi connectivity index (χ2v) is 7.03. The number of hydrogen-bond donors (Lipinski definition) is 1. The molecule has 0 bridgehead atoms. The lowest BCUT2D eigenvalue weighted by Crippen LogP contribution is -2.33. The van der Waals surface area contributed by atoms with Gasteiger partial charge in [-0.1, -0.05) is 23.7 Å². The molecule has 0 fully saturated rings. The smallest absolute Gasteiger partial charge is 0.335 e. The van der Waals surface area contributed by atoms with Crippen LogP contribution in [-0.4, -0.2) is 22.5 Å². The van der Waals surface area contributed by atoms with Gasteiger partial charge in [-0.15, -0.1) is 11.3 Å². The lowest BCUT2D eigenvalue weighted by molar-refractivity contribution is 0.0694. The van der Waals surface area contributed by atoms with Crippen LogP contribution in [0.1, 0.15) is 39.3 Å². The van der Waals surface area contributed by atoms with Crippen molar-refractivity contribution >= 4 is 28.9 Å². The fourth-order valence-corrected chi connectivity index (χ4v) is 4.04. The van der Waals surface area contributed by atoms with E-state index < -0.39 is 5.97 Å². The number of halogens is 1. The Balaban J connectivity index is 1.85. The zero-order valence-electron chi connectivity index (χ0n) is 11.7. The molecule has 1 aromatic heterocycles. The first-order valence-corrected chi connectivity index (χ1v) is 8.09. The molecule has 21 heavy (non-hydrogen) atoms. The fraction of sp³-hybridized carbons (Fsp3) is 0.312. The van der Waals surface area contributed by atoms with Crippen molar-refractivity contribution in [3.63, 3.8) is 0 Å². The SMILES string of the molecule is CC(c1ccc(Cl)s1)N1CCc2c(cccc2C(=O)O)C1. The van der Waals surface area contributed by atoms with Gasteiger partial charge in [0, 0.05) is 24.0 Å². The van der Waals surface area contributed by atoms with E-state index in [2.05, 4.69) is 17.9 Å². The van der Waals surface area contributed by atoms with Crippen LogP contribution in [0.5, 0.6) is 0 Å². The summed E-state index contributed by atoms with van der Waals surface area (Å²) < 4.78 is 0.808. The van der Waals surface area contributed by atoms with E-state index in [0.717, 1.165) is 35.0 Å². The third-order valence-corrected chi connectivity index (χ3v) is 5.48. The number of thiophene rings is 1. The van der Waals surface area contributed by atoms with E-state index in [0.29, 0.717) is 11.6 Å². The Morgan fingerprint density at radius 2 is 2.19 bits per heavy atom. The first-order chi connectivity index (χ1) is 10.1. The summed E-state index contributed by atoms with van der Waals surface area (Å²) in [7, 11) is 0. The lowest BCUT2D eigenvalue weighted by atomic mass is 9.93. The van der Waals surface area contributed by atoms with E-state index in [-0.39, 0.29) is 0 Å². The molecule has 0 saturated carbocycles. The van der Waals surface area contributed by atoms with Gasteiger partial charge in [-0.2, -0.15) is 0 Å². The minimum Gasteiger partial charge on any atom is -0.478 e. The molecular weight excluding hydrogens is 306 g/mol. The summed E-state index contributed by atoms with van der Waals surface area (Å²) in [5, 5.41) is 9.27. The number of nitrogens with zero attached hydrogens (tertiary/aromatic N) is 1. The van der Waals surface area contributed by atoms with E-state index in [1.165, 1.54) is 4.88 Å². The van der Waals surface area contributed by atoms with Gasteiger partial charge in [0.1, 0.15) is 0 Å². The maximum absolute atomic E-state index is 11.3. The van der Waals surface area contributed by atoms with Gasteiger partial charge < -0.3 is 5.11 Å². The van der Waals surface area contributed by atoms with Crippen molar-refractivity contribution in [1.82, 2.24) is 4.90 Å². The van der Waals surface area contributed by atoms with Gasteiger partial charge >= 0.3 is 5.97 Å². The molecule has 1 aliphatic heterocycles. The Morgan fingerprint density at radius 3 is 2.86 bits per heavy atom. The number of carbonyl (C=O) groups is 1. The van der Waals surface area contributed by atoms with Crippen LogP contribution in [0.2, 0.25) is 4.34 Å². The van der Waals surface area contributed by atoms with Crippen molar-refractivity contribution in [1.29, 1.82) is 0 Å². The van der Waals surface area contributed by atoms with E-state index in [4.69, 9.17) is 11.6 Å². The Bertz CT molecular complexity index is 683. The van der Waals surface area contributed by atoms with Gasteiger partial charge in [0.15, 0.2) is 0 Å². The second kappa shape index (κ2) is 5.79. The summed E-state index contributed by atoms with van der Waals surface area (Å²) in [5.41, 5.74) is 2.55. The Labute approximate surface area is 132 Å². The average Bonchev–Trinajstić information content (AvgIpc) is 2.91. The normalized spacial score (nSPS) is 16.5. The number of aromatic carboxylic acids is 1. The highest BCUT2D eigenvalue weighted by molar-refractivity contribution is 7.16. The van der Waals surface area contributed by atoms with Crippen LogP contribution in [0.25, 0.3) is 0 Å². The highest BCUT2D eigenvalue weighted by Crippen LogP contribution is 2.33. The van der Waals surface area contributed by atoms with Crippen LogP contribution in [0.4, 0.5) is 0 Å². The van der Waals surface area contributed by atoms with Crippen LogP contribution in [-0.2, 0) is 13.0 Å². The van der Waals surface area contributed by atoms with Crippen molar-refractivity contribution in [2.24, 2.45) is 0 Å². The van der Waals surface area contributed by atoms with E-state index >= 15 is 0 Å². The van der Waals surface area contributed by atoms with Gasteiger partial charge in [-0.05, 0) is 42.7 Å². The number of fused-ring (bicyclic) bond motifs is 1. The number of benzene rings is 1. The summed E-state index contributed by atoms with van der Waals surface area (Å²) in [5.74, 6) is -0.835. The molecule has 0 amide bonds. The second-order valence-electron chi connectivity index (χ2n) is 5.29.